The summed E-state index contributed by atoms with van der Waals surface area (Å²) in [6.07, 6.45) is -2.03. The number of nitrogens with zero attached hydrogens (tertiary/aromatic N) is 2. The van der Waals surface area contributed by atoms with E-state index in [1.165, 1.54) is 17.0 Å². The van der Waals surface area contributed by atoms with Crippen molar-refractivity contribution in [3.63, 3.8) is 0 Å². The van der Waals surface area contributed by atoms with Crippen LogP contribution < -0.4 is 10.2 Å². The molecule has 8 heteroatoms. The monoisotopic (exact) mass is 377 g/mol. The number of hydrogen-bond donors (Lipinski definition) is 1. The highest BCUT2D eigenvalue weighted by atomic mass is 19.4. The Hall–Kier alpha value is -2.90. The number of anilines is 1. The molecule has 1 aromatic heterocycles. The summed E-state index contributed by atoms with van der Waals surface area (Å²) in [4.78, 5) is 30.2. The summed E-state index contributed by atoms with van der Waals surface area (Å²) in [6.45, 7) is 0.543. The lowest BCUT2D eigenvalue weighted by Gasteiger charge is -2.18. The van der Waals surface area contributed by atoms with Crippen molar-refractivity contribution in [3.8, 4) is 0 Å². The second-order valence-electron chi connectivity index (χ2n) is 6.24. The predicted molar refractivity (Wildman–Crippen MR) is 92.9 cm³/mol. The molecule has 1 unspecified atom stereocenters. The Morgan fingerprint density at radius 2 is 2.04 bits per heavy atom. The normalized spacial score (nSPS) is 17.2. The van der Waals surface area contributed by atoms with Gasteiger partial charge in [0.2, 0.25) is 11.8 Å². The van der Waals surface area contributed by atoms with E-state index in [0.717, 1.165) is 17.8 Å². The molecule has 2 amide bonds. The van der Waals surface area contributed by atoms with Gasteiger partial charge in [-0.25, -0.2) is 0 Å². The molecule has 142 valence electrons. The first-order valence-electron chi connectivity index (χ1n) is 8.52. The molecule has 0 spiro atoms. The number of nitrogens with one attached hydrogen (secondary N) is 1. The lowest BCUT2D eigenvalue weighted by molar-refractivity contribution is -0.138. The number of rotatable bonds is 5. The fourth-order valence-electron chi connectivity index (χ4n) is 3.01. The van der Waals surface area contributed by atoms with Gasteiger partial charge in [-0.15, -0.1) is 0 Å². The fourth-order valence-corrected chi connectivity index (χ4v) is 3.01. The average molecular weight is 377 g/mol. The maximum absolute atomic E-state index is 12.9. The van der Waals surface area contributed by atoms with Crippen molar-refractivity contribution in [2.75, 3.05) is 18.0 Å². The van der Waals surface area contributed by atoms with Gasteiger partial charge in [0.15, 0.2) is 0 Å². The van der Waals surface area contributed by atoms with E-state index >= 15 is 0 Å². The molecule has 3 rings (SSSR count). The second kappa shape index (κ2) is 7.77. The Kier molecular flexibility index (Phi) is 5.43. The number of carbonyl (C=O) groups excluding carboxylic acids is 2. The lowest BCUT2D eigenvalue weighted by Crippen LogP contribution is -2.37. The molecule has 0 aliphatic carbocycles. The lowest BCUT2D eigenvalue weighted by atomic mass is 10.1. The molecule has 2 aromatic rings. The maximum atomic E-state index is 12.9. The Morgan fingerprint density at radius 1 is 1.22 bits per heavy atom. The van der Waals surface area contributed by atoms with Crippen LogP contribution in [0.25, 0.3) is 0 Å². The predicted octanol–water partition coefficient (Wildman–Crippen LogP) is 2.81. The number of pyridine rings is 1. The highest BCUT2D eigenvalue weighted by molar-refractivity contribution is 6.09. The third-order valence-corrected chi connectivity index (χ3v) is 4.41. The molecular formula is C19H18F3N3O2. The second-order valence-corrected chi connectivity index (χ2v) is 6.24. The molecule has 0 saturated carbocycles. The molecule has 1 aliphatic heterocycles. The summed E-state index contributed by atoms with van der Waals surface area (Å²) in [5, 5.41) is 2.70. The van der Waals surface area contributed by atoms with Crippen molar-refractivity contribution in [2.45, 2.75) is 19.0 Å². The summed E-state index contributed by atoms with van der Waals surface area (Å²) >= 11 is 0. The highest BCUT2D eigenvalue weighted by Gasteiger charge is 2.38. The molecule has 1 aliphatic rings. The largest absolute Gasteiger partial charge is 0.416 e. The van der Waals surface area contributed by atoms with Gasteiger partial charge in [0, 0.05) is 37.1 Å². The van der Waals surface area contributed by atoms with Crippen molar-refractivity contribution in [1.82, 2.24) is 10.3 Å². The van der Waals surface area contributed by atoms with E-state index < -0.39 is 29.5 Å². The first-order valence-corrected chi connectivity index (χ1v) is 8.52. The zero-order chi connectivity index (χ0) is 19.4. The Bertz CT molecular complexity index is 824. The minimum atomic E-state index is -4.49. The minimum Gasteiger partial charge on any atom is -0.355 e. The first-order chi connectivity index (χ1) is 12.9. The number of halogens is 3. The van der Waals surface area contributed by atoms with Crippen LogP contribution in [0, 0.1) is 5.92 Å². The summed E-state index contributed by atoms with van der Waals surface area (Å²) in [5.74, 6) is -1.78. The SMILES string of the molecule is O=C(NCCc1ccccn1)C1CCN(c2cccc(C(F)(F)F)c2)C1=O. The molecule has 27 heavy (non-hydrogen) atoms. The van der Waals surface area contributed by atoms with E-state index in [1.54, 1.807) is 12.3 Å². The third-order valence-electron chi connectivity index (χ3n) is 4.41. The van der Waals surface area contributed by atoms with Gasteiger partial charge < -0.3 is 10.2 Å². The molecule has 1 atom stereocenters. The standard InChI is InChI=1S/C19H18F3N3O2/c20-19(21,22)13-4-3-6-15(12-13)25-11-8-16(18(25)27)17(26)24-10-7-14-5-1-2-9-23-14/h1-6,9,12,16H,7-8,10-11H2,(H,24,26). The van der Waals surface area contributed by atoms with Crippen molar-refractivity contribution in [2.24, 2.45) is 5.92 Å². The first kappa shape index (κ1) is 18.9. The number of carbonyl (C=O) groups is 2. The fraction of sp³-hybridized carbons (Fsp3) is 0.316. The summed E-state index contributed by atoms with van der Waals surface area (Å²) in [7, 11) is 0. The topological polar surface area (TPSA) is 62.3 Å². The quantitative estimate of drug-likeness (QED) is 0.815. The van der Waals surface area contributed by atoms with Gasteiger partial charge in [-0.3, -0.25) is 14.6 Å². The van der Waals surface area contributed by atoms with Gasteiger partial charge >= 0.3 is 6.18 Å². The van der Waals surface area contributed by atoms with Crippen LogP contribution in [0.2, 0.25) is 0 Å². The molecule has 0 bridgehead atoms. The van der Waals surface area contributed by atoms with Gasteiger partial charge in [0.05, 0.1) is 5.56 Å². The van der Waals surface area contributed by atoms with Crippen LogP contribution in [0.15, 0.2) is 48.7 Å². The van der Waals surface area contributed by atoms with E-state index in [-0.39, 0.29) is 18.7 Å². The number of amides is 2. The molecular weight excluding hydrogens is 359 g/mol. The molecule has 1 N–H and O–H groups in total. The van der Waals surface area contributed by atoms with E-state index in [2.05, 4.69) is 10.3 Å². The summed E-state index contributed by atoms with van der Waals surface area (Å²) in [5.41, 5.74) is 0.149. The third kappa shape index (κ3) is 4.45. The summed E-state index contributed by atoms with van der Waals surface area (Å²) < 4.78 is 38.6. The molecule has 1 aromatic carbocycles. The average Bonchev–Trinajstić information content (AvgIpc) is 3.03. The Labute approximate surface area is 154 Å². The van der Waals surface area contributed by atoms with E-state index in [9.17, 15) is 22.8 Å². The molecule has 5 nitrogen and oxygen atoms in total. The molecule has 0 radical (unpaired) electrons. The van der Waals surface area contributed by atoms with Crippen LogP contribution in [0.3, 0.4) is 0 Å². The number of alkyl halides is 3. The minimum absolute atomic E-state index is 0.151. The Morgan fingerprint density at radius 3 is 2.74 bits per heavy atom. The van der Waals surface area contributed by atoms with E-state index in [0.29, 0.717) is 13.0 Å². The van der Waals surface area contributed by atoms with E-state index in [1.807, 2.05) is 12.1 Å². The molecule has 2 heterocycles. The van der Waals surface area contributed by atoms with Crippen LogP contribution in [0.5, 0.6) is 0 Å². The zero-order valence-corrected chi connectivity index (χ0v) is 14.4. The van der Waals surface area contributed by atoms with Gasteiger partial charge in [0.25, 0.3) is 0 Å². The highest BCUT2D eigenvalue weighted by Crippen LogP contribution is 2.33. The zero-order valence-electron chi connectivity index (χ0n) is 14.4. The Balaban J connectivity index is 1.60. The van der Waals surface area contributed by atoms with Crippen LogP contribution in [0.1, 0.15) is 17.7 Å². The van der Waals surface area contributed by atoms with Crippen molar-refractivity contribution < 1.29 is 22.8 Å². The van der Waals surface area contributed by atoms with Gasteiger partial charge in [-0.05, 0) is 36.8 Å². The molecule has 1 saturated heterocycles. The van der Waals surface area contributed by atoms with Crippen molar-refractivity contribution in [1.29, 1.82) is 0 Å². The van der Waals surface area contributed by atoms with Crippen LogP contribution in [-0.2, 0) is 22.2 Å². The number of benzene rings is 1. The van der Waals surface area contributed by atoms with Crippen LogP contribution in [-0.4, -0.2) is 29.9 Å². The van der Waals surface area contributed by atoms with E-state index in [4.69, 9.17) is 0 Å². The van der Waals surface area contributed by atoms with Gasteiger partial charge in [0.1, 0.15) is 5.92 Å². The number of aromatic nitrogens is 1. The maximum Gasteiger partial charge on any atom is 0.416 e. The van der Waals surface area contributed by atoms with Crippen LogP contribution in [0.4, 0.5) is 18.9 Å². The smallest absolute Gasteiger partial charge is 0.355 e. The molecule has 1 fully saturated rings. The van der Waals surface area contributed by atoms with Crippen molar-refractivity contribution >= 4 is 17.5 Å². The number of hydrogen-bond acceptors (Lipinski definition) is 3. The van der Waals surface area contributed by atoms with Gasteiger partial charge in [-0.2, -0.15) is 13.2 Å². The summed E-state index contributed by atoms with van der Waals surface area (Å²) in [6, 6.07) is 10.0. The van der Waals surface area contributed by atoms with Crippen LogP contribution >= 0.6 is 0 Å². The van der Waals surface area contributed by atoms with Gasteiger partial charge in [-0.1, -0.05) is 12.1 Å². The van der Waals surface area contributed by atoms with Crippen molar-refractivity contribution in [3.05, 3.63) is 59.9 Å².